The first-order valence-corrected chi connectivity index (χ1v) is 10.1. The van der Waals surface area contributed by atoms with Crippen LogP contribution in [0.4, 0.5) is 5.69 Å². The van der Waals surface area contributed by atoms with Crippen LogP contribution in [0, 0.1) is 0 Å². The van der Waals surface area contributed by atoms with Crippen LogP contribution in [0.5, 0.6) is 11.5 Å². The molecule has 3 aliphatic heterocycles. The Labute approximate surface area is 169 Å². The average molecular weight is 390 g/mol. The van der Waals surface area contributed by atoms with E-state index in [1.165, 1.54) is 4.90 Å². The van der Waals surface area contributed by atoms with Crippen molar-refractivity contribution in [2.75, 3.05) is 31.2 Å². The molecule has 6 heteroatoms. The second-order valence-electron chi connectivity index (χ2n) is 7.41. The highest BCUT2D eigenvalue weighted by atomic mass is 16.6. The molecule has 0 saturated carbocycles. The number of anilines is 1. The second-order valence-corrected chi connectivity index (χ2v) is 7.41. The number of amides is 2. The number of benzene rings is 2. The molecule has 0 unspecified atom stereocenters. The molecule has 1 saturated heterocycles. The molecule has 0 aliphatic carbocycles. The fraction of sp³-hybridized carbons (Fsp3) is 0.304. The van der Waals surface area contributed by atoms with Crippen LogP contribution < -0.4 is 14.4 Å². The fourth-order valence-corrected chi connectivity index (χ4v) is 4.20. The molecular formula is C23H22N2O4. The van der Waals surface area contributed by atoms with E-state index in [9.17, 15) is 9.59 Å². The molecule has 6 nitrogen and oxygen atoms in total. The van der Waals surface area contributed by atoms with Gasteiger partial charge in [0.05, 0.1) is 11.3 Å². The van der Waals surface area contributed by atoms with Crippen molar-refractivity contribution < 1.29 is 19.1 Å². The number of rotatable bonds is 3. The highest BCUT2D eigenvalue weighted by Gasteiger charge is 2.42. The van der Waals surface area contributed by atoms with Crippen molar-refractivity contribution in [1.29, 1.82) is 0 Å². The number of piperidine rings is 1. The standard InChI is InChI=1S/C23H22N2O4/c26-22-20(16-7-3-1-4-8-16)21(24-11-5-2-6-12-24)23(27)25(22)17-9-10-18-19(15-17)29-14-13-28-18/h1,3-4,7-10,15H,2,5-6,11-14H2. The number of hydrogen-bond donors (Lipinski definition) is 0. The van der Waals surface area contributed by atoms with E-state index in [1.807, 2.05) is 30.3 Å². The average Bonchev–Trinajstić information content (AvgIpc) is 3.04. The summed E-state index contributed by atoms with van der Waals surface area (Å²) in [6.07, 6.45) is 3.20. The Kier molecular flexibility index (Phi) is 4.46. The minimum absolute atomic E-state index is 0.271. The third-order valence-corrected chi connectivity index (χ3v) is 5.58. The molecule has 2 aromatic rings. The SMILES string of the molecule is O=C1C(c2ccccc2)=C(N2CCCCC2)C(=O)N1c1ccc2c(c1)OCCO2. The summed E-state index contributed by atoms with van der Waals surface area (Å²) in [4.78, 5) is 30.3. The molecular weight excluding hydrogens is 368 g/mol. The van der Waals surface area contributed by atoms with Gasteiger partial charge in [-0.3, -0.25) is 9.59 Å². The Bertz CT molecular complexity index is 993. The van der Waals surface area contributed by atoms with Crippen molar-refractivity contribution in [3.05, 3.63) is 59.8 Å². The van der Waals surface area contributed by atoms with Gasteiger partial charge in [-0.05, 0) is 37.0 Å². The van der Waals surface area contributed by atoms with Crippen LogP contribution in [-0.2, 0) is 9.59 Å². The normalized spacial score (nSPS) is 19.2. The van der Waals surface area contributed by atoms with E-state index in [1.54, 1.807) is 18.2 Å². The molecule has 0 atom stereocenters. The Morgan fingerprint density at radius 2 is 1.48 bits per heavy atom. The van der Waals surface area contributed by atoms with Gasteiger partial charge in [0, 0.05) is 19.2 Å². The maximum atomic E-state index is 13.5. The van der Waals surface area contributed by atoms with Crippen molar-refractivity contribution in [1.82, 2.24) is 4.90 Å². The first kappa shape index (κ1) is 17.8. The van der Waals surface area contributed by atoms with Crippen LogP contribution in [0.1, 0.15) is 24.8 Å². The third kappa shape index (κ3) is 3.05. The van der Waals surface area contributed by atoms with E-state index >= 15 is 0 Å². The van der Waals surface area contributed by atoms with Crippen molar-refractivity contribution in [2.24, 2.45) is 0 Å². The summed E-state index contributed by atoms with van der Waals surface area (Å²) in [5.74, 6) is 0.625. The van der Waals surface area contributed by atoms with Crippen LogP contribution in [0.2, 0.25) is 0 Å². The topological polar surface area (TPSA) is 59.1 Å². The van der Waals surface area contributed by atoms with E-state index in [0.29, 0.717) is 41.7 Å². The van der Waals surface area contributed by atoms with Crippen LogP contribution in [0.25, 0.3) is 5.57 Å². The summed E-state index contributed by atoms with van der Waals surface area (Å²) in [5.41, 5.74) is 2.26. The lowest BCUT2D eigenvalue weighted by Gasteiger charge is -2.29. The number of hydrogen-bond acceptors (Lipinski definition) is 5. The lowest BCUT2D eigenvalue weighted by atomic mass is 10.0. The van der Waals surface area contributed by atoms with Gasteiger partial charge in [0.1, 0.15) is 18.9 Å². The Morgan fingerprint density at radius 3 is 2.24 bits per heavy atom. The summed E-state index contributed by atoms with van der Waals surface area (Å²) >= 11 is 0. The van der Waals surface area contributed by atoms with Gasteiger partial charge in [-0.25, -0.2) is 4.90 Å². The molecule has 148 valence electrons. The molecule has 3 heterocycles. The number of carbonyl (C=O) groups excluding carboxylic acids is 2. The quantitative estimate of drug-likeness (QED) is 0.753. The monoisotopic (exact) mass is 390 g/mol. The molecule has 0 N–H and O–H groups in total. The lowest BCUT2D eigenvalue weighted by Crippen LogP contribution is -2.37. The number of fused-ring (bicyclic) bond motifs is 1. The summed E-state index contributed by atoms with van der Waals surface area (Å²) in [6.45, 7) is 2.52. The molecule has 0 spiro atoms. The first-order valence-electron chi connectivity index (χ1n) is 10.1. The van der Waals surface area contributed by atoms with Gasteiger partial charge < -0.3 is 14.4 Å². The van der Waals surface area contributed by atoms with Gasteiger partial charge in [0.15, 0.2) is 11.5 Å². The Hall–Kier alpha value is -3.28. The third-order valence-electron chi connectivity index (χ3n) is 5.58. The molecule has 1 fully saturated rings. The number of nitrogens with zero attached hydrogens (tertiary/aromatic N) is 2. The maximum Gasteiger partial charge on any atom is 0.282 e. The number of imide groups is 1. The van der Waals surface area contributed by atoms with Crippen LogP contribution in [-0.4, -0.2) is 43.0 Å². The first-order chi connectivity index (χ1) is 14.2. The van der Waals surface area contributed by atoms with Crippen molar-refractivity contribution >= 4 is 23.1 Å². The number of likely N-dealkylation sites (tertiary alicyclic amines) is 1. The zero-order valence-corrected chi connectivity index (χ0v) is 16.1. The van der Waals surface area contributed by atoms with Crippen molar-refractivity contribution in [3.63, 3.8) is 0 Å². The predicted molar refractivity (Wildman–Crippen MR) is 109 cm³/mol. The lowest BCUT2D eigenvalue weighted by molar-refractivity contribution is -0.120. The smallest absolute Gasteiger partial charge is 0.282 e. The molecule has 5 rings (SSSR count). The van der Waals surface area contributed by atoms with Gasteiger partial charge in [-0.2, -0.15) is 0 Å². The summed E-state index contributed by atoms with van der Waals surface area (Å²) < 4.78 is 11.2. The van der Waals surface area contributed by atoms with Gasteiger partial charge in [-0.15, -0.1) is 0 Å². The number of ether oxygens (including phenoxy) is 2. The highest BCUT2D eigenvalue weighted by molar-refractivity contribution is 6.45. The fourth-order valence-electron chi connectivity index (χ4n) is 4.20. The Balaban J connectivity index is 1.58. The maximum absolute atomic E-state index is 13.5. The molecule has 0 aromatic heterocycles. The van der Waals surface area contributed by atoms with Gasteiger partial charge >= 0.3 is 0 Å². The molecule has 2 aromatic carbocycles. The van der Waals surface area contributed by atoms with E-state index in [0.717, 1.165) is 37.9 Å². The molecule has 29 heavy (non-hydrogen) atoms. The second kappa shape index (κ2) is 7.28. The van der Waals surface area contributed by atoms with Gasteiger partial charge in [0.25, 0.3) is 11.8 Å². The van der Waals surface area contributed by atoms with Crippen LogP contribution in [0.3, 0.4) is 0 Å². The predicted octanol–water partition coefficient (Wildman–Crippen LogP) is 3.23. The van der Waals surface area contributed by atoms with Gasteiger partial charge in [0.2, 0.25) is 0 Å². The van der Waals surface area contributed by atoms with E-state index in [2.05, 4.69) is 4.90 Å². The molecule has 0 bridgehead atoms. The summed E-state index contributed by atoms with van der Waals surface area (Å²) in [5, 5.41) is 0. The number of carbonyl (C=O) groups is 2. The zero-order valence-electron chi connectivity index (χ0n) is 16.1. The minimum Gasteiger partial charge on any atom is -0.486 e. The van der Waals surface area contributed by atoms with E-state index in [4.69, 9.17) is 9.47 Å². The summed E-state index contributed by atoms with van der Waals surface area (Å²) in [6, 6.07) is 14.7. The van der Waals surface area contributed by atoms with Crippen molar-refractivity contribution in [3.8, 4) is 11.5 Å². The largest absolute Gasteiger partial charge is 0.486 e. The Morgan fingerprint density at radius 1 is 0.759 bits per heavy atom. The summed E-state index contributed by atoms with van der Waals surface area (Å²) in [7, 11) is 0. The molecule has 3 aliphatic rings. The van der Waals surface area contributed by atoms with Gasteiger partial charge in [-0.1, -0.05) is 30.3 Å². The van der Waals surface area contributed by atoms with E-state index in [-0.39, 0.29) is 11.8 Å². The zero-order chi connectivity index (χ0) is 19.8. The molecule has 2 amide bonds. The van der Waals surface area contributed by atoms with Crippen LogP contribution in [0.15, 0.2) is 54.2 Å². The van der Waals surface area contributed by atoms with Crippen molar-refractivity contribution in [2.45, 2.75) is 19.3 Å². The van der Waals surface area contributed by atoms with E-state index < -0.39 is 0 Å². The van der Waals surface area contributed by atoms with Crippen LogP contribution >= 0.6 is 0 Å². The molecule has 0 radical (unpaired) electrons. The highest BCUT2D eigenvalue weighted by Crippen LogP contribution is 2.39. The minimum atomic E-state index is -0.293.